The summed E-state index contributed by atoms with van der Waals surface area (Å²) in [5, 5.41) is 9.21. The van der Waals surface area contributed by atoms with Crippen LogP contribution in [0.2, 0.25) is 0 Å². The average Bonchev–Trinajstić information content (AvgIpc) is 3.04. The maximum Gasteiger partial charge on any atom is 0.227 e. The van der Waals surface area contributed by atoms with E-state index >= 15 is 0 Å². The van der Waals surface area contributed by atoms with Gasteiger partial charge in [0.1, 0.15) is 0 Å². The predicted molar refractivity (Wildman–Crippen MR) is 93.9 cm³/mol. The molecule has 0 aliphatic rings. The number of nitrogens with zero attached hydrogens (tertiary/aromatic N) is 4. The SMILES string of the molecule is CCc1ccccc1-n1c(SCC(N)=O)nnc1-c1cccnc1. The third-order valence-electron chi connectivity index (χ3n) is 3.51. The van der Waals surface area contributed by atoms with E-state index in [2.05, 4.69) is 28.2 Å². The summed E-state index contributed by atoms with van der Waals surface area (Å²) in [7, 11) is 0. The van der Waals surface area contributed by atoms with Crippen LogP contribution in [0.25, 0.3) is 17.1 Å². The number of pyridine rings is 1. The average molecular weight is 339 g/mol. The Balaban J connectivity index is 2.16. The van der Waals surface area contributed by atoms with Crippen LogP contribution in [-0.4, -0.2) is 31.4 Å². The molecule has 0 atom stereocenters. The fourth-order valence-corrected chi connectivity index (χ4v) is 3.11. The highest BCUT2D eigenvalue weighted by molar-refractivity contribution is 7.99. The van der Waals surface area contributed by atoms with Gasteiger partial charge in [-0.1, -0.05) is 36.9 Å². The fourth-order valence-electron chi connectivity index (χ4n) is 2.43. The highest BCUT2D eigenvalue weighted by Crippen LogP contribution is 2.29. The molecule has 2 aromatic heterocycles. The molecule has 2 heterocycles. The summed E-state index contributed by atoms with van der Waals surface area (Å²) in [6, 6.07) is 11.9. The molecule has 24 heavy (non-hydrogen) atoms. The number of benzene rings is 1. The minimum absolute atomic E-state index is 0.152. The van der Waals surface area contributed by atoms with Gasteiger partial charge in [-0.2, -0.15) is 0 Å². The number of hydrogen-bond acceptors (Lipinski definition) is 5. The van der Waals surface area contributed by atoms with E-state index in [1.807, 2.05) is 34.9 Å². The Morgan fingerprint density at radius 2 is 2.04 bits per heavy atom. The van der Waals surface area contributed by atoms with E-state index in [4.69, 9.17) is 5.73 Å². The first-order chi connectivity index (χ1) is 11.7. The van der Waals surface area contributed by atoms with Crippen molar-refractivity contribution < 1.29 is 4.79 Å². The van der Waals surface area contributed by atoms with E-state index in [1.165, 1.54) is 17.3 Å². The van der Waals surface area contributed by atoms with Crippen LogP contribution in [0.4, 0.5) is 0 Å². The maximum atomic E-state index is 11.2. The molecule has 2 N–H and O–H groups in total. The number of nitrogens with two attached hydrogens (primary N) is 1. The van der Waals surface area contributed by atoms with Crippen LogP contribution in [0, 0.1) is 0 Å². The number of para-hydroxylation sites is 1. The van der Waals surface area contributed by atoms with Gasteiger partial charge in [0.25, 0.3) is 0 Å². The van der Waals surface area contributed by atoms with Crippen molar-refractivity contribution in [1.82, 2.24) is 19.7 Å². The molecule has 7 heteroatoms. The Labute approximate surface area is 144 Å². The Morgan fingerprint density at radius 1 is 1.21 bits per heavy atom. The van der Waals surface area contributed by atoms with Crippen LogP contribution in [0.3, 0.4) is 0 Å². The smallest absolute Gasteiger partial charge is 0.227 e. The third-order valence-corrected chi connectivity index (χ3v) is 4.46. The lowest BCUT2D eigenvalue weighted by molar-refractivity contribution is -0.115. The van der Waals surface area contributed by atoms with Gasteiger partial charge in [0, 0.05) is 18.0 Å². The van der Waals surface area contributed by atoms with Gasteiger partial charge in [0.15, 0.2) is 11.0 Å². The molecule has 0 fully saturated rings. The lowest BCUT2D eigenvalue weighted by Gasteiger charge is -2.13. The molecule has 1 aromatic carbocycles. The Morgan fingerprint density at radius 3 is 2.75 bits per heavy atom. The number of carbonyl (C=O) groups is 1. The summed E-state index contributed by atoms with van der Waals surface area (Å²) in [5.41, 5.74) is 8.30. The number of hydrogen-bond donors (Lipinski definition) is 1. The molecule has 3 aromatic rings. The molecule has 0 spiro atoms. The lowest BCUT2D eigenvalue weighted by Crippen LogP contribution is -2.14. The lowest BCUT2D eigenvalue weighted by atomic mass is 10.1. The summed E-state index contributed by atoms with van der Waals surface area (Å²) in [5.74, 6) is 0.455. The monoisotopic (exact) mass is 339 g/mol. The third kappa shape index (κ3) is 3.30. The minimum Gasteiger partial charge on any atom is -0.369 e. The highest BCUT2D eigenvalue weighted by Gasteiger charge is 2.18. The van der Waals surface area contributed by atoms with Crippen LogP contribution < -0.4 is 5.73 Å². The fraction of sp³-hybridized carbons (Fsp3) is 0.176. The van der Waals surface area contributed by atoms with Gasteiger partial charge < -0.3 is 5.73 Å². The minimum atomic E-state index is -0.388. The van der Waals surface area contributed by atoms with Crippen LogP contribution in [0.1, 0.15) is 12.5 Å². The Hall–Kier alpha value is -2.67. The number of carbonyl (C=O) groups excluding carboxylic acids is 1. The van der Waals surface area contributed by atoms with Gasteiger partial charge >= 0.3 is 0 Å². The molecule has 6 nitrogen and oxygen atoms in total. The zero-order chi connectivity index (χ0) is 16.9. The Bertz CT molecular complexity index is 847. The molecule has 0 unspecified atom stereocenters. The topological polar surface area (TPSA) is 86.7 Å². The van der Waals surface area contributed by atoms with E-state index in [9.17, 15) is 4.79 Å². The summed E-state index contributed by atoms with van der Waals surface area (Å²) < 4.78 is 1.96. The van der Waals surface area contributed by atoms with Gasteiger partial charge in [-0.25, -0.2) is 0 Å². The van der Waals surface area contributed by atoms with E-state index in [-0.39, 0.29) is 11.7 Å². The predicted octanol–water partition coefficient (Wildman–Crippen LogP) is 2.47. The second-order valence-corrected chi connectivity index (χ2v) is 6.06. The van der Waals surface area contributed by atoms with Crippen LogP contribution in [0.15, 0.2) is 53.9 Å². The molecule has 1 amide bonds. The maximum absolute atomic E-state index is 11.2. The van der Waals surface area contributed by atoms with E-state index < -0.39 is 0 Å². The van der Waals surface area contributed by atoms with E-state index in [0.717, 1.165) is 17.7 Å². The van der Waals surface area contributed by atoms with Crippen molar-refractivity contribution >= 4 is 17.7 Å². The number of rotatable bonds is 6. The van der Waals surface area contributed by atoms with Gasteiger partial charge in [0.2, 0.25) is 5.91 Å². The molecule has 0 saturated heterocycles. The van der Waals surface area contributed by atoms with Crippen molar-refractivity contribution in [1.29, 1.82) is 0 Å². The molecular weight excluding hydrogens is 322 g/mol. The van der Waals surface area contributed by atoms with Crippen molar-refractivity contribution in [3.63, 3.8) is 0 Å². The standard InChI is InChI=1S/C17H17N5OS/c1-2-12-6-3-4-8-14(12)22-16(13-7-5-9-19-10-13)20-21-17(22)24-11-15(18)23/h3-10H,2,11H2,1H3,(H2,18,23). The van der Waals surface area contributed by atoms with Gasteiger partial charge in [-0.05, 0) is 30.2 Å². The molecule has 0 radical (unpaired) electrons. The van der Waals surface area contributed by atoms with Gasteiger partial charge in [-0.3, -0.25) is 14.3 Å². The number of aromatic nitrogens is 4. The van der Waals surface area contributed by atoms with Crippen LogP contribution in [0.5, 0.6) is 0 Å². The Kier molecular flexibility index (Phi) is 4.90. The van der Waals surface area contributed by atoms with Crippen molar-refractivity contribution in [3.05, 3.63) is 54.4 Å². The molecule has 3 rings (SSSR count). The second-order valence-electron chi connectivity index (χ2n) is 5.12. The second kappa shape index (κ2) is 7.27. The van der Waals surface area contributed by atoms with Crippen molar-refractivity contribution in [2.24, 2.45) is 5.73 Å². The zero-order valence-electron chi connectivity index (χ0n) is 13.2. The van der Waals surface area contributed by atoms with Crippen LogP contribution in [-0.2, 0) is 11.2 Å². The van der Waals surface area contributed by atoms with E-state index in [1.54, 1.807) is 12.4 Å². The summed E-state index contributed by atoms with van der Waals surface area (Å²) >= 11 is 1.28. The number of primary amides is 1. The molecule has 0 aliphatic carbocycles. The largest absolute Gasteiger partial charge is 0.369 e. The molecule has 0 bridgehead atoms. The van der Waals surface area contributed by atoms with E-state index in [0.29, 0.717) is 11.0 Å². The number of thioether (sulfide) groups is 1. The summed E-state index contributed by atoms with van der Waals surface area (Å²) in [4.78, 5) is 15.3. The quantitative estimate of drug-likeness (QED) is 0.697. The first-order valence-corrected chi connectivity index (χ1v) is 8.54. The molecule has 0 aliphatic heterocycles. The van der Waals surface area contributed by atoms with Gasteiger partial charge in [0.05, 0.1) is 11.4 Å². The molecular formula is C17H17N5OS. The molecule has 122 valence electrons. The van der Waals surface area contributed by atoms with Crippen molar-refractivity contribution in [2.75, 3.05) is 5.75 Å². The van der Waals surface area contributed by atoms with Gasteiger partial charge in [-0.15, -0.1) is 10.2 Å². The first kappa shape index (κ1) is 16.2. The summed E-state index contributed by atoms with van der Waals surface area (Å²) in [6.45, 7) is 2.10. The molecule has 0 saturated carbocycles. The first-order valence-electron chi connectivity index (χ1n) is 7.56. The number of amides is 1. The zero-order valence-corrected chi connectivity index (χ0v) is 14.0. The van der Waals surface area contributed by atoms with Crippen molar-refractivity contribution in [3.8, 4) is 17.1 Å². The number of aryl methyl sites for hydroxylation is 1. The normalized spacial score (nSPS) is 10.7. The highest BCUT2D eigenvalue weighted by atomic mass is 32.2. The summed E-state index contributed by atoms with van der Waals surface area (Å²) in [6.07, 6.45) is 4.34. The van der Waals surface area contributed by atoms with Crippen LogP contribution >= 0.6 is 11.8 Å². The van der Waals surface area contributed by atoms with Crippen molar-refractivity contribution in [2.45, 2.75) is 18.5 Å².